The standard InChI is InChI=1S/C55H85NO20/c1-50(2)19-27-26-13-14-33-52(5)17-16-35(75-49-43(67)40(64)38(62)31(74-49)23-72-48-42(66)39(63)37(61)30(73-48)22-71-47-41(65)36(60)29(58)21-70-47)51(3,4)32(52)15-18-53(33,6)54(26,7)20-34(59)55(27,24-57)44(68)45(50)76-46(69)25-11-9-10-12-28(25)56-8/h9-13,27,29-45,47-49,56-68H,14-24H2,1-8H3/t27-,29+,30+,31+,32-,33+,34-,35-,36-,37+,38+,39-,40-,41+,42+,43+,44-,45-,47-,48+,49-,52-,53+,54+,55-/m0/s1. The van der Waals surface area contributed by atoms with E-state index in [1.54, 1.807) is 25.2 Å². The maximum Gasteiger partial charge on any atom is 0.340 e. The van der Waals surface area contributed by atoms with Crippen molar-refractivity contribution in [3.63, 3.8) is 0 Å². The topological polar surface area (TPSA) is 336 Å². The first-order valence-corrected chi connectivity index (χ1v) is 27.2. The Balaban J connectivity index is 0.882. The van der Waals surface area contributed by atoms with Gasteiger partial charge in [0, 0.05) is 18.2 Å². The Morgan fingerprint density at radius 1 is 0.711 bits per heavy atom. The molecular formula is C55H85NO20. The summed E-state index contributed by atoms with van der Waals surface area (Å²) in [6, 6.07) is 6.98. The Kier molecular flexibility index (Phi) is 16.2. The molecule has 430 valence electrons. The first-order chi connectivity index (χ1) is 35.6. The molecule has 0 radical (unpaired) electrons. The van der Waals surface area contributed by atoms with Crippen LogP contribution in [-0.4, -0.2) is 211 Å². The summed E-state index contributed by atoms with van der Waals surface area (Å²) in [5, 5.41) is 135. The molecule has 0 spiro atoms. The Morgan fingerprint density at radius 2 is 1.32 bits per heavy atom. The summed E-state index contributed by atoms with van der Waals surface area (Å²) in [6.45, 7) is 13.3. The predicted molar refractivity (Wildman–Crippen MR) is 267 cm³/mol. The highest BCUT2D eigenvalue weighted by atomic mass is 16.7. The summed E-state index contributed by atoms with van der Waals surface area (Å²) in [5.74, 6) is -0.764. The molecule has 1 aromatic rings. The Labute approximate surface area is 444 Å². The summed E-state index contributed by atoms with van der Waals surface area (Å²) >= 11 is 0. The molecule has 21 nitrogen and oxygen atoms in total. The van der Waals surface area contributed by atoms with Crippen LogP contribution >= 0.6 is 0 Å². The number of para-hydroxylation sites is 1. The second-order valence-electron chi connectivity index (χ2n) is 25.5. The fraction of sp³-hybridized carbons (Fsp3) is 0.836. The molecule has 76 heavy (non-hydrogen) atoms. The molecule has 21 heteroatoms. The van der Waals surface area contributed by atoms with E-state index >= 15 is 0 Å². The lowest BCUT2D eigenvalue weighted by Gasteiger charge is -2.72. The monoisotopic (exact) mass is 1080 g/mol. The lowest BCUT2D eigenvalue weighted by atomic mass is 9.33. The molecule has 0 amide bonds. The molecule has 0 bridgehead atoms. The van der Waals surface area contributed by atoms with Gasteiger partial charge in [-0.2, -0.15) is 0 Å². The molecule has 13 N–H and O–H groups in total. The minimum absolute atomic E-state index is 0.1000. The number of aliphatic hydroxyl groups is 12. The zero-order chi connectivity index (χ0) is 55.4. The molecule has 3 aliphatic heterocycles. The van der Waals surface area contributed by atoms with Crippen LogP contribution in [0, 0.1) is 50.2 Å². The van der Waals surface area contributed by atoms with Crippen molar-refractivity contribution in [2.24, 2.45) is 50.2 Å². The van der Waals surface area contributed by atoms with Gasteiger partial charge in [0.05, 0.1) is 49.6 Å². The molecule has 3 saturated heterocycles. The van der Waals surface area contributed by atoms with Gasteiger partial charge >= 0.3 is 5.97 Å². The minimum atomic E-state index is -1.80. The molecule has 5 aliphatic carbocycles. The lowest BCUT2D eigenvalue weighted by Crippen LogP contribution is -2.72. The maximum atomic E-state index is 13.8. The van der Waals surface area contributed by atoms with Crippen LogP contribution in [-0.2, 0) is 33.2 Å². The van der Waals surface area contributed by atoms with Crippen molar-refractivity contribution < 1.29 is 99.2 Å². The summed E-state index contributed by atoms with van der Waals surface area (Å²) in [5.41, 5.74) is -1.71. The number of carbonyl (C=O) groups excluding carboxylic acids is 1. The van der Waals surface area contributed by atoms with Crippen LogP contribution < -0.4 is 5.32 Å². The van der Waals surface area contributed by atoms with E-state index in [4.69, 9.17) is 33.2 Å². The number of hydrogen-bond acceptors (Lipinski definition) is 21. The van der Waals surface area contributed by atoms with Crippen LogP contribution in [0.25, 0.3) is 0 Å². The quantitative estimate of drug-likeness (QED) is 0.0748. The largest absolute Gasteiger partial charge is 0.455 e. The lowest BCUT2D eigenvalue weighted by molar-refractivity contribution is -0.348. The van der Waals surface area contributed by atoms with Crippen LogP contribution in [0.2, 0.25) is 0 Å². The number of benzene rings is 1. The molecule has 9 rings (SSSR count). The number of ether oxygens (including phenoxy) is 7. The number of rotatable bonds is 12. The Hall–Kier alpha value is -2.49. The fourth-order valence-corrected chi connectivity index (χ4v) is 16.2. The van der Waals surface area contributed by atoms with Crippen LogP contribution in [0.3, 0.4) is 0 Å². The van der Waals surface area contributed by atoms with E-state index in [1.165, 1.54) is 0 Å². The van der Waals surface area contributed by atoms with Crippen molar-refractivity contribution >= 4 is 11.7 Å². The first-order valence-electron chi connectivity index (χ1n) is 27.2. The van der Waals surface area contributed by atoms with Crippen molar-refractivity contribution in [3.05, 3.63) is 41.5 Å². The van der Waals surface area contributed by atoms with E-state index in [-0.39, 0.29) is 35.7 Å². The maximum absolute atomic E-state index is 13.8. The van der Waals surface area contributed by atoms with Crippen LogP contribution in [0.5, 0.6) is 0 Å². The third-order valence-corrected chi connectivity index (χ3v) is 20.9. The van der Waals surface area contributed by atoms with Gasteiger partial charge in [0.2, 0.25) is 0 Å². The van der Waals surface area contributed by atoms with Crippen LogP contribution in [0.1, 0.15) is 104 Å². The van der Waals surface area contributed by atoms with E-state index in [0.29, 0.717) is 24.1 Å². The average Bonchev–Trinajstić information content (AvgIpc) is 3.40. The van der Waals surface area contributed by atoms with E-state index in [9.17, 15) is 66.1 Å². The average molecular weight is 1080 g/mol. The molecule has 7 fully saturated rings. The number of esters is 1. The number of allylic oxidation sites excluding steroid dienone is 2. The van der Waals surface area contributed by atoms with Gasteiger partial charge in [-0.25, -0.2) is 4.79 Å². The van der Waals surface area contributed by atoms with Crippen molar-refractivity contribution in [1.82, 2.24) is 0 Å². The smallest absolute Gasteiger partial charge is 0.340 e. The molecule has 0 aromatic heterocycles. The zero-order valence-corrected chi connectivity index (χ0v) is 44.9. The highest BCUT2D eigenvalue weighted by molar-refractivity contribution is 5.95. The number of aliphatic hydroxyl groups excluding tert-OH is 12. The summed E-state index contributed by atoms with van der Waals surface area (Å²) < 4.78 is 41.3. The van der Waals surface area contributed by atoms with Crippen LogP contribution in [0.4, 0.5) is 5.69 Å². The van der Waals surface area contributed by atoms with Gasteiger partial charge in [0.15, 0.2) is 18.9 Å². The van der Waals surface area contributed by atoms with Crippen molar-refractivity contribution in [2.75, 3.05) is 38.8 Å². The number of anilines is 1. The normalized spacial score (nSPS) is 49.7. The molecule has 25 atom stereocenters. The summed E-state index contributed by atoms with van der Waals surface area (Å²) in [4.78, 5) is 13.8. The second kappa shape index (κ2) is 21.1. The van der Waals surface area contributed by atoms with Crippen LogP contribution in [0.15, 0.2) is 35.9 Å². The van der Waals surface area contributed by atoms with Crippen molar-refractivity contribution in [2.45, 2.75) is 204 Å². The van der Waals surface area contributed by atoms with Gasteiger partial charge in [-0.05, 0) is 96.5 Å². The first kappa shape index (κ1) is 58.2. The van der Waals surface area contributed by atoms with Gasteiger partial charge in [0.1, 0.15) is 79.4 Å². The number of carbonyl (C=O) groups is 1. The molecular weight excluding hydrogens is 995 g/mol. The van der Waals surface area contributed by atoms with Gasteiger partial charge in [-0.1, -0.05) is 72.2 Å². The van der Waals surface area contributed by atoms with E-state index in [1.807, 2.05) is 19.9 Å². The number of nitrogens with one attached hydrogen (secondary N) is 1. The van der Waals surface area contributed by atoms with Gasteiger partial charge < -0.3 is 99.8 Å². The highest BCUT2D eigenvalue weighted by Crippen LogP contribution is 2.76. The summed E-state index contributed by atoms with van der Waals surface area (Å²) in [7, 11) is 1.71. The van der Waals surface area contributed by atoms with E-state index in [0.717, 1.165) is 31.3 Å². The number of fused-ring (bicyclic) bond motifs is 7. The third kappa shape index (κ3) is 9.21. The third-order valence-electron chi connectivity index (χ3n) is 20.9. The molecule has 8 aliphatic rings. The van der Waals surface area contributed by atoms with E-state index in [2.05, 4.69) is 46.0 Å². The Morgan fingerprint density at radius 3 is 1.96 bits per heavy atom. The SMILES string of the molecule is CNc1ccccc1C(=O)O[C@H]1[C@H](O)[C@]2(CO)[C@@H](O)C[C@]3(C)C(=CC[C@@H]4[C@@]5(C)CC[C@H](O[C@@H]6O[C@H](CO[C@@H]7O[C@H](CO[C@@H]8OC[C@@H](O)[C@H](O)[C@H]8O)[C@@H](O)[C@H](O)[C@H]7O)[C@@H](O)[C@H](O)[C@H]6O)C(C)(C)[C@@H]5CC[C@]43C)[C@@H]2CC1(C)C. The number of hydrogen-bond donors (Lipinski definition) is 13. The van der Waals surface area contributed by atoms with Gasteiger partial charge in [-0.3, -0.25) is 0 Å². The minimum Gasteiger partial charge on any atom is -0.455 e. The van der Waals surface area contributed by atoms with Gasteiger partial charge in [0.25, 0.3) is 0 Å². The molecule has 4 saturated carbocycles. The van der Waals surface area contributed by atoms with Gasteiger partial charge in [-0.15, -0.1) is 0 Å². The fourth-order valence-electron chi connectivity index (χ4n) is 16.2. The molecule has 1 aromatic carbocycles. The molecule has 0 unspecified atom stereocenters. The predicted octanol–water partition coefficient (Wildman–Crippen LogP) is 0.0718. The summed E-state index contributed by atoms with van der Waals surface area (Å²) in [6.07, 6.45) is -19.4. The zero-order valence-electron chi connectivity index (χ0n) is 44.9. The van der Waals surface area contributed by atoms with Crippen molar-refractivity contribution in [3.8, 4) is 0 Å². The molecule has 3 heterocycles. The van der Waals surface area contributed by atoms with Crippen molar-refractivity contribution in [1.29, 1.82) is 0 Å². The van der Waals surface area contributed by atoms with E-state index < -0.39 is 164 Å². The Bertz CT molecular complexity index is 2270. The highest BCUT2D eigenvalue weighted by Gasteiger charge is 2.73. The second-order valence-corrected chi connectivity index (χ2v) is 25.5.